The van der Waals surface area contributed by atoms with E-state index >= 15 is 0 Å². The summed E-state index contributed by atoms with van der Waals surface area (Å²) in [6.07, 6.45) is 0. The van der Waals surface area contributed by atoms with E-state index in [-0.39, 0.29) is 5.82 Å². The van der Waals surface area contributed by atoms with Gasteiger partial charge in [-0.2, -0.15) is 0 Å². The van der Waals surface area contributed by atoms with E-state index in [2.05, 4.69) is 30.4 Å². The molecule has 1 N–H and O–H groups in total. The van der Waals surface area contributed by atoms with Crippen LogP contribution in [0.3, 0.4) is 0 Å². The molecule has 1 nitrogen and oxygen atoms in total. The highest BCUT2D eigenvalue weighted by Crippen LogP contribution is 2.25. The predicted molar refractivity (Wildman–Crippen MR) is 74.0 cm³/mol. The van der Waals surface area contributed by atoms with Crippen molar-refractivity contribution in [2.24, 2.45) is 0 Å². The summed E-state index contributed by atoms with van der Waals surface area (Å²) in [5.74, 6) is -0.181. The average Bonchev–Trinajstić information content (AvgIpc) is 2.36. The Bertz CT molecular complexity index is 534. The molecule has 18 heavy (non-hydrogen) atoms. The van der Waals surface area contributed by atoms with Crippen LogP contribution in [0, 0.1) is 12.7 Å². The zero-order chi connectivity index (χ0) is 13.0. The number of halogens is 1. The van der Waals surface area contributed by atoms with Gasteiger partial charge in [0.2, 0.25) is 0 Å². The van der Waals surface area contributed by atoms with E-state index in [0.717, 1.165) is 23.2 Å². The topological polar surface area (TPSA) is 12.0 Å². The molecule has 2 rings (SSSR count). The van der Waals surface area contributed by atoms with Gasteiger partial charge in [-0.05, 0) is 42.3 Å². The molecular formula is C16H18FN. The monoisotopic (exact) mass is 243 g/mol. The largest absolute Gasteiger partial charge is 0.313 e. The van der Waals surface area contributed by atoms with Gasteiger partial charge in [-0.3, -0.25) is 0 Å². The Balaban J connectivity index is 2.42. The first-order valence-corrected chi connectivity index (χ1v) is 6.27. The predicted octanol–water partition coefficient (Wildman–Crippen LogP) is 3.91. The summed E-state index contributed by atoms with van der Waals surface area (Å²) in [6, 6.07) is 13.3. The van der Waals surface area contributed by atoms with Crippen LogP contribution in [0.15, 0.2) is 42.5 Å². The molecule has 0 aliphatic carbocycles. The molecule has 94 valence electrons. The normalized spacial score (nSPS) is 10.6. The first-order valence-electron chi connectivity index (χ1n) is 6.27. The number of hydrogen-bond donors (Lipinski definition) is 1. The van der Waals surface area contributed by atoms with Gasteiger partial charge in [-0.25, -0.2) is 4.39 Å². The van der Waals surface area contributed by atoms with Gasteiger partial charge in [-0.15, -0.1) is 0 Å². The van der Waals surface area contributed by atoms with Crippen molar-refractivity contribution in [2.75, 3.05) is 6.54 Å². The summed E-state index contributed by atoms with van der Waals surface area (Å²) in [5.41, 5.74) is 4.46. The summed E-state index contributed by atoms with van der Waals surface area (Å²) in [6.45, 7) is 5.68. The summed E-state index contributed by atoms with van der Waals surface area (Å²) in [4.78, 5) is 0. The van der Waals surface area contributed by atoms with Crippen molar-refractivity contribution in [1.82, 2.24) is 5.32 Å². The second-order valence-electron chi connectivity index (χ2n) is 4.45. The van der Waals surface area contributed by atoms with Crippen LogP contribution in [0.1, 0.15) is 18.1 Å². The molecule has 0 spiro atoms. The van der Waals surface area contributed by atoms with Crippen LogP contribution in [0.25, 0.3) is 11.1 Å². The zero-order valence-electron chi connectivity index (χ0n) is 10.8. The first-order chi connectivity index (χ1) is 8.70. The molecule has 0 saturated heterocycles. The minimum Gasteiger partial charge on any atom is -0.313 e. The highest BCUT2D eigenvalue weighted by atomic mass is 19.1. The molecule has 0 aliphatic heterocycles. The molecule has 0 aromatic heterocycles. The van der Waals surface area contributed by atoms with Gasteiger partial charge in [0, 0.05) is 6.54 Å². The van der Waals surface area contributed by atoms with Crippen molar-refractivity contribution >= 4 is 0 Å². The Morgan fingerprint density at radius 2 is 1.94 bits per heavy atom. The lowest BCUT2D eigenvalue weighted by molar-refractivity contribution is 0.622. The molecule has 0 atom stereocenters. The summed E-state index contributed by atoms with van der Waals surface area (Å²) in [7, 11) is 0. The Kier molecular flexibility index (Phi) is 4.11. The molecule has 2 aromatic carbocycles. The van der Waals surface area contributed by atoms with Crippen LogP contribution in [0.5, 0.6) is 0 Å². The van der Waals surface area contributed by atoms with Crippen LogP contribution in [-0.4, -0.2) is 6.54 Å². The van der Waals surface area contributed by atoms with Crippen LogP contribution in [-0.2, 0) is 6.54 Å². The molecule has 0 radical (unpaired) electrons. The third-order valence-electron chi connectivity index (χ3n) is 2.96. The third kappa shape index (κ3) is 2.96. The maximum Gasteiger partial charge on any atom is 0.123 e. The van der Waals surface area contributed by atoms with Crippen molar-refractivity contribution in [3.05, 3.63) is 59.4 Å². The third-order valence-corrected chi connectivity index (χ3v) is 2.96. The molecule has 0 unspecified atom stereocenters. The second kappa shape index (κ2) is 5.78. The Hall–Kier alpha value is -1.67. The average molecular weight is 243 g/mol. The van der Waals surface area contributed by atoms with Crippen molar-refractivity contribution in [2.45, 2.75) is 20.4 Å². The van der Waals surface area contributed by atoms with Gasteiger partial charge >= 0.3 is 0 Å². The van der Waals surface area contributed by atoms with Gasteiger partial charge in [0.05, 0.1) is 0 Å². The molecule has 2 heteroatoms. The van der Waals surface area contributed by atoms with Crippen LogP contribution in [0.4, 0.5) is 4.39 Å². The van der Waals surface area contributed by atoms with E-state index in [9.17, 15) is 4.39 Å². The zero-order valence-corrected chi connectivity index (χ0v) is 10.8. The van der Waals surface area contributed by atoms with Gasteiger partial charge in [0.1, 0.15) is 5.82 Å². The van der Waals surface area contributed by atoms with Gasteiger partial charge in [0.25, 0.3) is 0 Å². The SMILES string of the molecule is CCNCc1cc(F)ccc1-c1cccc(C)c1. The van der Waals surface area contributed by atoms with Crippen LogP contribution >= 0.6 is 0 Å². The molecular weight excluding hydrogens is 225 g/mol. The van der Waals surface area contributed by atoms with Crippen LogP contribution in [0.2, 0.25) is 0 Å². The molecule has 0 bridgehead atoms. The molecule has 0 aliphatic rings. The molecule has 0 fully saturated rings. The van der Waals surface area contributed by atoms with Crippen molar-refractivity contribution in [3.8, 4) is 11.1 Å². The lowest BCUT2D eigenvalue weighted by Gasteiger charge is -2.11. The number of nitrogens with one attached hydrogen (secondary N) is 1. The van der Waals surface area contributed by atoms with E-state index in [1.54, 1.807) is 6.07 Å². The molecule has 2 aromatic rings. The number of rotatable bonds is 4. The number of benzene rings is 2. The minimum absolute atomic E-state index is 0.181. The summed E-state index contributed by atoms with van der Waals surface area (Å²) in [5, 5.41) is 3.25. The van der Waals surface area contributed by atoms with E-state index in [0.29, 0.717) is 6.54 Å². The lowest BCUT2D eigenvalue weighted by atomic mass is 9.98. The Labute approximate surface area is 108 Å². The standard InChI is InChI=1S/C16H18FN/c1-3-18-11-14-10-15(17)7-8-16(14)13-6-4-5-12(2)9-13/h4-10,18H,3,11H2,1-2H3. The van der Waals surface area contributed by atoms with E-state index < -0.39 is 0 Å². The van der Waals surface area contributed by atoms with Crippen molar-refractivity contribution < 1.29 is 4.39 Å². The fourth-order valence-electron chi connectivity index (χ4n) is 2.06. The van der Waals surface area contributed by atoms with Crippen LogP contribution < -0.4 is 5.32 Å². The maximum absolute atomic E-state index is 13.3. The fraction of sp³-hybridized carbons (Fsp3) is 0.250. The highest BCUT2D eigenvalue weighted by Gasteiger charge is 2.06. The van der Waals surface area contributed by atoms with Crippen molar-refractivity contribution in [1.29, 1.82) is 0 Å². The molecule has 0 saturated carbocycles. The Morgan fingerprint density at radius 1 is 1.11 bits per heavy atom. The van der Waals surface area contributed by atoms with Gasteiger partial charge in [-0.1, -0.05) is 42.8 Å². The second-order valence-corrected chi connectivity index (χ2v) is 4.45. The summed E-state index contributed by atoms with van der Waals surface area (Å²) < 4.78 is 13.3. The first kappa shape index (κ1) is 12.8. The fourth-order valence-corrected chi connectivity index (χ4v) is 2.06. The molecule has 0 amide bonds. The quantitative estimate of drug-likeness (QED) is 0.858. The van der Waals surface area contributed by atoms with E-state index in [1.165, 1.54) is 11.6 Å². The smallest absolute Gasteiger partial charge is 0.123 e. The molecule has 0 heterocycles. The summed E-state index contributed by atoms with van der Waals surface area (Å²) >= 11 is 0. The van der Waals surface area contributed by atoms with E-state index in [4.69, 9.17) is 0 Å². The number of aryl methyl sites for hydroxylation is 1. The van der Waals surface area contributed by atoms with Gasteiger partial charge in [0.15, 0.2) is 0 Å². The van der Waals surface area contributed by atoms with Crippen molar-refractivity contribution in [3.63, 3.8) is 0 Å². The maximum atomic E-state index is 13.3. The number of hydrogen-bond acceptors (Lipinski definition) is 1. The van der Waals surface area contributed by atoms with Gasteiger partial charge < -0.3 is 5.32 Å². The lowest BCUT2D eigenvalue weighted by Crippen LogP contribution is -2.12. The minimum atomic E-state index is -0.181. The van der Waals surface area contributed by atoms with E-state index in [1.807, 2.05) is 19.1 Å². The Morgan fingerprint density at radius 3 is 2.67 bits per heavy atom. The highest BCUT2D eigenvalue weighted by molar-refractivity contribution is 5.68.